The Kier molecular flexibility index (Phi) is 3.99. The Bertz CT molecular complexity index is 522. The maximum Gasteiger partial charge on any atom is 0.360 e. The van der Waals surface area contributed by atoms with Crippen molar-refractivity contribution in [2.24, 2.45) is 0 Å². The van der Waals surface area contributed by atoms with Gasteiger partial charge in [0.2, 0.25) is 0 Å². The molecule has 0 bridgehead atoms. The number of nitrogens with zero attached hydrogens (tertiary/aromatic N) is 3. The van der Waals surface area contributed by atoms with Gasteiger partial charge in [0.05, 0.1) is 24.4 Å². The fraction of sp³-hybridized carbons (Fsp3) is 0.364. The van der Waals surface area contributed by atoms with Crippen molar-refractivity contribution in [3.05, 3.63) is 35.5 Å². The molecule has 7 heteroatoms. The summed E-state index contributed by atoms with van der Waals surface area (Å²) in [7, 11) is 0. The summed E-state index contributed by atoms with van der Waals surface area (Å²) in [5, 5.41) is 7.68. The van der Waals surface area contributed by atoms with Crippen LogP contribution < -0.4 is 0 Å². The number of rotatable bonds is 5. The van der Waals surface area contributed by atoms with E-state index in [1.807, 2.05) is 6.07 Å². The summed E-state index contributed by atoms with van der Waals surface area (Å²) in [4.78, 5) is 11.6. The number of carbonyl (C=O) groups excluding carboxylic acids is 1. The standard InChI is InChI=1S/C11H12ClN3O3/c1-2-17-11(16)10-9(6-12)15(14-13-10)7-8-4-3-5-18-8/h3-5H,2,6-7H2,1H3. The number of alkyl halides is 1. The minimum Gasteiger partial charge on any atom is -0.467 e. The topological polar surface area (TPSA) is 70.2 Å². The molecule has 0 spiro atoms. The number of halogens is 1. The van der Waals surface area contributed by atoms with Crippen molar-refractivity contribution >= 4 is 17.6 Å². The first kappa shape index (κ1) is 12.6. The Labute approximate surface area is 108 Å². The van der Waals surface area contributed by atoms with E-state index in [0.29, 0.717) is 18.0 Å². The van der Waals surface area contributed by atoms with E-state index in [-0.39, 0.29) is 18.2 Å². The molecule has 2 rings (SSSR count). The number of esters is 1. The van der Waals surface area contributed by atoms with E-state index in [2.05, 4.69) is 10.3 Å². The maximum atomic E-state index is 11.6. The fourth-order valence-corrected chi connectivity index (χ4v) is 1.76. The number of carbonyl (C=O) groups is 1. The Balaban J connectivity index is 2.24. The molecule has 0 N–H and O–H groups in total. The van der Waals surface area contributed by atoms with Crippen LogP contribution in [0.15, 0.2) is 22.8 Å². The fourth-order valence-electron chi connectivity index (χ4n) is 1.50. The molecule has 0 saturated carbocycles. The molecule has 18 heavy (non-hydrogen) atoms. The highest BCUT2D eigenvalue weighted by molar-refractivity contribution is 6.17. The SMILES string of the molecule is CCOC(=O)c1nnn(Cc2ccco2)c1CCl. The molecule has 0 fully saturated rings. The summed E-state index contributed by atoms with van der Waals surface area (Å²) in [6.07, 6.45) is 1.57. The molecule has 2 aromatic heterocycles. The summed E-state index contributed by atoms with van der Waals surface area (Å²) in [5.74, 6) is 0.322. The number of furan rings is 1. The molecule has 0 atom stereocenters. The lowest BCUT2D eigenvalue weighted by Gasteiger charge is -2.03. The highest BCUT2D eigenvalue weighted by Gasteiger charge is 2.20. The average molecular weight is 270 g/mol. The van der Waals surface area contributed by atoms with Gasteiger partial charge in [-0.05, 0) is 19.1 Å². The summed E-state index contributed by atoms with van der Waals surface area (Å²) in [6.45, 7) is 2.39. The quantitative estimate of drug-likeness (QED) is 0.612. The van der Waals surface area contributed by atoms with Crippen molar-refractivity contribution < 1.29 is 13.9 Å². The van der Waals surface area contributed by atoms with Gasteiger partial charge in [-0.2, -0.15) is 0 Å². The highest BCUT2D eigenvalue weighted by atomic mass is 35.5. The Morgan fingerprint density at radius 3 is 3.06 bits per heavy atom. The van der Waals surface area contributed by atoms with E-state index >= 15 is 0 Å². The van der Waals surface area contributed by atoms with Crippen LogP contribution in [0.25, 0.3) is 0 Å². The maximum absolute atomic E-state index is 11.6. The second-order valence-corrected chi connectivity index (χ2v) is 3.74. The summed E-state index contributed by atoms with van der Waals surface area (Å²) in [6, 6.07) is 3.59. The third-order valence-electron chi connectivity index (χ3n) is 2.32. The van der Waals surface area contributed by atoms with Crippen LogP contribution in [0.2, 0.25) is 0 Å². The Morgan fingerprint density at radius 2 is 2.44 bits per heavy atom. The van der Waals surface area contributed by atoms with E-state index < -0.39 is 5.97 Å². The van der Waals surface area contributed by atoms with Crippen LogP contribution in [0, 0.1) is 0 Å². The molecule has 2 aromatic rings. The zero-order chi connectivity index (χ0) is 13.0. The number of hydrogen-bond donors (Lipinski definition) is 0. The van der Waals surface area contributed by atoms with E-state index in [1.54, 1.807) is 19.3 Å². The molecule has 96 valence electrons. The molecule has 0 aromatic carbocycles. The third kappa shape index (κ3) is 2.53. The summed E-state index contributed by atoms with van der Waals surface area (Å²) < 4.78 is 11.6. The van der Waals surface area contributed by atoms with Crippen LogP contribution in [0.3, 0.4) is 0 Å². The predicted molar refractivity (Wildman–Crippen MR) is 63.3 cm³/mol. The van der Waals surface area contributed by atoms with Crippen molar-refractivity contribution in [3.8, 4) is 0 Å². The highest BCUT2D eigenvalue weighted by Crippen LogP contribution is 2.13. The lowest BCUT2D eigenvalue weighted by molar-refractivity contribution is 0.0518. The van der Waals surface area contributed by atoms with Gasteiger partial charge in [0.25, 0.3) is 0 Å². The van der Waals surface area contributed by atoms with Gasteiger partial charge in [-0.3, -0.25) is 0 Å². The molecule has 0 aliphatic carbocycles. The van der Waals surface area contributed by atoms with Crippen LogP contribution in [0.5, 0.6) is 0 Å². The summed E-state index contributed by atoms with van der Waals surface area (Å²) >= 11 is 5.82. The number of hydrogen-bond acceptors (Lipinski definition) is 5. The van der Waals surface area contributed by atoms with Crippen LogP contribution in [0.4, 0.5) is 0 Å². The van der Waals surface area contributed by atoms with E-state index in [9.17, 15) is 4.79 Å². The molecule has 6 nitrogen and oxygen atoms in total. The molecule has 0 radical (unpaired) electrons. The molecular formula is C11H12ClN3O3. The second-order valence-electron chi connectivity index (χ2n) is 3.48. The zero-order valence-corrected chi connectivity index (χ0v) is 10.6. The van der Waals surface area contributed by atoms with Crippen molar-refractivity contribution in [2.75, 3.05) is 6.61 Å². The van der Waals surface area contributed by atoms with E-state index in [0.717, 1.165) is 0 Å². The lowest BCUT2D eigenvalue weighted by Crippen LogP contribution is -2.10. The third-order valence-corrected chi connectivity index (χ3v) is 2.57. The van der Waals surface area contributed by atoms with Gasteiger partial charge >= 0.3 is 5.97 Å². The van der Waals surface area contributed by atoms with Gasteiger partial charge in [-0.1, -0.05) is 5.21 Å². The Morgan fingerprint density at radius 1 is 1.61 bits per heavy atom. The molecule has 0 amide bonds. The van der Waals surface area contributed by atoms with Gasteiger partial charge in [0.1, 0.15) is 12.3 Å². The van der Waals surface area contributed by atoms with Crippen LogP contribution in [0.1, 0.15) is 28.9 Å². The number of aromatic nitrogens is 3. The molecule has 0 saturated heterocycles. The first-order chi connectivity index (χ1) is 8.76. The van der Waals surface area contributed by atoms with Gasteiger partial charge < -0.3 is 9.15 Å². The van der Waals surface area contributed by atoms with E-state index in [1.165, 1.54) is 4.68 Å². The van der Waals surface area contributed by atoms with Crippen LogP contribution in [-0.4, -0.2) is 27.6 Å². The molecule has 2 heterocycles. The van der Waals surface area contributed by atoms with E-state index in [4.69, 9.17) is 20.8 Å². The van der Waals surface area contributed by atoms with Crippen molar-refractivity contribution in [3.63, 3.8) is 0 Å². The van der Waals surface area contributed by atoms with Gasteiger partial charge in [-0.25, -0.2) is 9.48 Å². The van der Waals surface area contributed by atoms with Crippen molar-refractivity contribution in [2.45, 2.75) is 19.3 Å². The first-order valence-electron chi connectivity index (χ1n) is 5.44. The normalized spacial score (nSPS) is 10.6. The predicted octanol–water partition coefficient (Wildman–Crippen LogP) is 1.83. The average Bonchev–Trinajstić information content (AvgIpc) is 2.99. The van der Waals surface area contributed by atoms with Crippen molar-refractivity contribution in [1.82, 2.24) is 15.0 Å². The minimum atomic E-state index is -0.515. The number of ether oxygens (including phenoxy) is 1. The minimum absolute atomic E-state index is 0.127. The van der Waals surface area contributed by atoms with Gasteiger partial charge in [0.15, 0.2) is 5.69 Å². The molecule has 0 unspecified atom stereocenters. The summed E-state index contributed by atoms with van der Waals surface area (Å²) in [5.41, 5.74) is 0.671. The van der Waals surface area contributed by atoms with Gasteiger partial charge in [0, 0.05) is 0 Å². The van der Waals surface area contributed by atoms with Crippen LogP contribution in [-0.2, 0) is 17.2 Å². The first-order valence-corrected chi connectivity index (χ1v) is 5.97. The molecule has 0 aliphatic heterocycles. The lowest BCUT2D eigenvalue weighted by atomic mass is 10.3. The van der Waals surface area contributed by atoms with Crippen LogP contribution >= 0.6 is 11.6 Å². The zero-order valence-electron chi connectivity index (χ0n) is 9.80. The second kappa shape index (κ2) is 5.68. The van der Waals surface area contributed by atoms with Gasteiger partial charge in [-0.15, -0.1) is 16.7 Å². The Hall–Kier alpha value is -1.82. The smallest absolute Gasteiger partial charge is 0.360 e. The molecular weight excluding hydrogens is 258 g/mol. The van der Waals surface area contributed by atoms with Crippen molar-refractivity contribution in [1.29, 1.82) is 0 Å². The molecule has 0 aliphatic rings. The monoisotopic (exact) mass is 269 g/mol. The largest absolute Gasteiger partial charge is 0.467 e.